The Labute approximate surface area is 384 Å². The molecule has 2 heterocycles. The lowest BCUT2D eigenvalue weighted by Crippen LogP contribution is -2.16. The Morgan fingerprint density at radius 3 is 1.58 bits per heavy atom. The molecule has 0 aliphatic heterocycles. The zero-order valence-electron chi connectivity index (χ0n) is 36.9. The first-order chi connectivity index (χ1) is 32.5. The minimum atomic E-state index is -0.117. The molecule has 2 aromatic heterocycles. The largest absolute Gasteiger partial charge is 0.310 e. The van der Waals surface area contributed by atoms with Gasteiger partial charge in [0.05, 0.1) is 27.8 Å². The van der Waals surface area contributed by atoms with Crippen molar-refractivity contribution >= 4 is 60.7 Å². The maximum Gasteiger partial charge on any atom is 0.0562 e. The lowest BCUT2D eigenvalue weighted by molar-refractivity contribution is 0.660. The standard InChI is InChI=1S/C63H45N3/c1-63(2)54-27-14-12-25-51(54)62-55(63)28-17-31-58(62)64(47-36-32-43(33-37-47)42-18-6-3-7-19-42)48-38-34-44(35-39-48)49-26-16-30-57-61(49)53-40-52-50-24-13-15-29-56(50)65(45-20-8-4-9-21-45)59(52)41-60(53)66(57)46-22-10-5-11-23-46/h3-41H,1-2H3. The first kappa shape index (κ1) is 38.1. The van der Waals surface area contributed by atoms with Gasteiger partial charge in [-0.05, 0) is 118 Å². The Hall–Kier alpha value is -8.40. The van der Waals surface area contributed by atoms with Crippen LogP contribution in [0.3, 0.4) is 0 Å². The predicted molar refractivity (Wildman–Crippen MR) is 278 cm³/mol. The van der Waals surface area contributed by atoms with Crippen LogP contribution in [0, 0.1) is 0 Å². The topological polar surface area (TPSA) is 13.1 Å². The second-order valence-corrected chi connectivity index (χ2v) is 18.1. The predicted octanol–water partition coefficient (Wildman–Crippen LogP) is 17.0. The molecule has 312 valence electrons. The number of hydrogen-bond acceptors (Lipinski definition) is 1. The Kier molecular flexibility index (Phi) is 8.56. The highest BCUT2D eigenvalue weighted by Gasteiger charge is 2.37. The van der Waals surface area contributed by atoms with Crippen molar-refractivity contribution in [2.75, 3.05) is 4.90 Å². The molecule has 66 heavy (non-hydrogen) atoms. The number of para-hydroxylation sites is 3. The van der Waals surface area contributed by atoms with Crippen LogP contribution >= 0.6 is 0 Å². The molecule has 3 nitrogen and oxygen atoms in total. The number of anilines is 3. The van der Waals surface area contributed by atoms with Crippen LogP contribution in [0.15, 0.2) is 237 Å². The van der Waals surface area contributed by atoms with Crippen LogP contribution in [-0.2, 0) is 5.41 Å². The molecule has 3 heteroatoms. The zero-order chi connectivity index (χ0) is 43.9. The van der Waals surface area contributed by atoms with Gasteiger partial charge < -0.3 is 14.0 Å². The molecule has 10 aromatic carbocycles. The number of benzene rings is 10. The number of fused-ring (bicyclic) bond motifs is 9. The van der Waals surface area contributed by atoms with Crippen LogP contribution in [0.2, 0.25) is 0 Å². The second kappa shape index (κ2) is 14.8. The Bertz CT molecular complexity index is 3800. The summed E-state index contributed by atoms with van der Waals surface area (Å²) in [7, 11) is 0. The van der Waals surface area contributed by atoms with Crippen LogP contribution in [-0.4, -0.2) is 9.13 Å². The van der Waals surface area contributed by atoms with Crippen molar-refractivity contribution in [1.82, 2.24) is 9.13 Å². The Morgan fingerprint density at radius 2 is 0.864 bits per heavy atom. The van der Waals surface area contributed by atoms with E-state index in [4.69, 9.17) is 0 Å². The monoisotopic (exact) mass is 843 g/mol. The maximum absolute atomic E-state index is 2.46. The van der Waals surface area contributed by atoms with E-state index in [0.717, 1.165) is 22.7 Å². The fraction of sp³-hybridized carbons (Fsp3) is 0.0476. The molecule has 13 rings (SSSR count). The van der Waals surface area contributed by atoms with Gasteiger partial charge in [-0.1, -0.05) is 172 Å². The summed E-state index contributed by atoms with van der Waals surface area (Å²) >= 11 is 0. The van der Waals surface area contributed by atoms with Gasteiger partial charge in [-0.2, -0.15) is 0 Å². The minimum absolute atomic E-state index is 0.117. The van der Waals surface area contributed by atoms with E-state index in [-0.39, 0.29) is 5.41 Å². The molecule has 0 saturated heterocycles. The fourth-order valence-corrected chi connectivity index (χ4v) is 11.1. The van der Waals surface area contributed by atoms with Gasteiger partial charge in [0, 0.05) is 55.3 Å². The van der Waals surface area contributed by atoms with Gasteiger partial charge in [-0.3, -0.25) is 0 Å². The van der Waals surface area contributed by atoms with E-state index in [2.05, 4.69) is 264 Å². The lowest BCUT2D eigenvalue weighted by atomic mass is 9.82. The molecule has 0 atom stereocenters. The van der Waals surface area contributed by atoms with Crippen LogP contribution in [0.4, 0.5) is 17.1 Å². The van der Waals surface area contributed by atoms with E-state index in [1.165, 1.54) is 93.8 Å². The average molecular weight is 844 g/mol. The maximum atomic E-state index is 2.46. The third-order valence-corrected chi connectivity index (χ3v) is 14.1. The zero-order valence-corrected chi connectivity index (χ0v) is 36.9. The molecule has 0 radical (unpaired) electrons. The summed E-state index contributed by atoms with van der Waals surface area (Å²) in [5.41, 5.74) is 20.4. The Morgan fingerprint density at radius 1 is 0.348 bits per heavy atom. The van der Waals surface area contributed by atoms with Crippen molar-refractivity contribution in [3.63, 3.8) is 0 Å². The van der Waals surface area contributed by atoms with Gasteiger partial charge in [0.15, 0.2) is 0 Å². The van der Waals surface area contributed by atoms with E-state index in [0.29, 0.717) is 0 Å². The van der Waals surface area contributed by atoms with Gasteiger partial charge >= 0.3 is 0 Å². The number of rotatable bonds is 7. The number of aromatic nitrogens is 2. The molecule has 0 unspecified atom stereocenters. The van der Waals surface area contributed by atoms with Crippen molar-refractivity contribution in [3.05, 3.63) is 248 Å². The first-order valence-electron chi connectivity index (χ1n) is 22.9. The lowest BCUT2D eigenvalue weighted by Gasteiger charge is -2.29. The van der Waals surface area contributed by atoms with Crippen LogP contribution in [0.25, 0.3) is 88.4 Å². The van der Waals surface area contributed by atoms with Crippen LogP contribution in [0.1, 0.15) is 25.0 Å². The summed E-state index contributed by atoms with van der Waals surface area (Å²) in [5.74, 6) is 0. The van der Waals surface area contributed by atoms with E-state index < -0.39 is 0 Å². The van der Waals surface area contributed by atoms with Crippen molar-refractivity contribution in [2.45, 2.75) is 19.3 Å². The minimum Gasteiger partial charge on any atom is -0.310 e. The normalized spacial score (nSPS) is 12.8. The average Bonchev–Trinajstić information content (AvgIpc) is 3.97. The highest BCUT2D eigenvalue weighted by atomic mass is 15.1. The summed E-state index contributed by atoms with van der Waals surface area (Å²) < 4.78 is 4.87. The molecule has 0 fully saturated rings. The quantitative estimate of drug-likeness (QED) is 0.156. The van der Waals surface area contributed by atoms with Crippen LogP contribution < -0.4 is 4.90 Å². The van der Waals surface area contributed by atoms with Gasteiger partial charge in [0.25, 0.3) is 0 Å². The fourth-order valence-electron chi connectivity index (χ4n) is 11.1. The molecule has 1 aliphatic carbocycles. The van der Waals surface area contributed by atoms with Crippen molar-refractivity contribution in [1.29, 1.82) is 0 Å². The molecule has 0 bridgehead atoms. The van der Waals surface area contributed by atoms with E-state index in [9.17, 15) is 0 Å². The van der Waals surface area contributed by atoms with E-state index in [1.54, 1.807) is 0 Å². The summed E-state index contributed by atoms with van der Waals surface area (Å²) in [6.07, 6.45) is 0. The molecular weight excluding hydrogens is 799 g/mol. The number of hydrogen-bond donors (Lipinski definition) is 0. The molecule has 0 saturated carbocycles. The smallest absolute Gasteiger partial charge is 0.0562 e. The van der Waals surface area contributed by atoms with E-state index in [1.807, 2.05) is 0 Å². The molecular formula is C63H45N3. The number of nitrogens with zero attached hydrogens (tertiary/aromatic N) is 3. The highest BCUT2D eigenvalue weighted by Crippen LogP contribution is 2.54. The summed E-state index contributed by atoms with van der Waals surface area (Å²) in [6, 6.07) is 86.8. The van der Waals surface area contributed by atoms with Gasteiger partial charge in [-0.25, -0.2) is 0 Å². The van der Waals surface area contributed by atoms with E-state index >= 15 is 0 Å². The summed E-state index contributed by atoms with van der Waals surface area (Å²) in [6.45, 7) is 4.72. The molecule has 0 N–H and O–H groups in total. The van der Waals surface area contributed by atoms with Crippen molar-refractivity contribution in [3.8, 4) is 44.8 Å². The molecule has 0 amide bonds. The van der Waals surface area contributed by atoms with Gasteiger partial charge in [0.2, 0.25) is 0 Å². The second-order valence-electron chi connectivity index (χ2n) is 18.1. The molecule has 1 aliphatic rings. The molecule has 0 spiro atoms. The van der Waals surface area contributed by atoms with Gasteiger partial charge in [0.1, 0.15) is 0 Å². The third-order valence-electron chi connectivity index (χ3n) is 14.1. The van der Waals surface area contributed by atoms with Crippen LogP contribution in [0.5, 0.6) is 0 Å². The highest BCUT2D eigenvalue weighted by molar-refractivity contribution is 6.22. The summed E-state index contributed by atoms with van der Waals surface area (Å²) in [4.78, 5) is 2.46. The Balaban J connectivity index is 1.01. The molecule has 12 aromatic rings. The first-order valence-corrected chi connectivity index (χ1v) is 22.9. The summed E-state index contributed by atoms with van der Waals surface area (Å²) in [5, 5.41) is 4.97. The van der Waals surface area contributed by atoms with Gasteiger partial charge in [-0.15, -0.1) is 0 Å². The van der Waals surface area contributed by atoms with Crippen molar-refractivity contribution < 1.29 is 0 Å². The van der Waals surface area contributed by atoms with Crippen molar-refractivity contribution in [2.24, 2.45) is 0 Å². The SMILES string of the molecule is CC1(C)c2ccccc2-c2c(N(c3ccc(-c4ccccc4)cc3)c3ccc(-c4cccc5c4c4cc6c7ccccc7n(-c7ccccc7)c6cc4n5-c4ccccc4)cc3)cccc21. The third kappa shape index (κ3) is 5.76.